The lowest BCUT2D eigenvalue weighted by molar-refractivity contribution is -0.139. The summed E-state index contributed by atoms with van der Waals surface area (Å²) in [6.45, 7) is 5.02. The second-order valence-electron chi connectivity index (χ2n) is 10.8. The van der Waals surface area contributed by atoms with Crippen LogP contribution in [0.2, 0.25) is 5.21 Å². The maximum atomic E-state index is 13.4. The minimum Gasteiger partial charge on any atom is -0.489 e. The van der Waals surface area contributed by atoms with Gasteiger partial charge in [-0.3, -0.25) is 24.6 Å². The van der Waals surface area contributed by atoms with E-state index in [0.29, 0.717) is 17.9 Å². The summed E-state index contributed by atoms with van der Waals surface area (Å²) in [5, 5.41) is 1.70. The van der Waals surface area contributed by atoms with E-state index in [9.17, 15) is 14.4 Å². The first-order valence-corrected chi connectivity index (χ1v) is 12.5. The molecule has 0 aliphatic carbocycles. The van der Waals surface area contributed by atoms with Gasteiger partial charge in [0.25, 0.3) is 5.91 Å². The Balaban J connectivity index is 1.28. The molecule has 184 valence electrons. The largest absolute Gasteiger partial charge is 0.489 e. The van der Waals surface area contributed by atoms with Crippen LogP contribution in [0.15, 0.2) is 42.5 Å². The van der Waals surface area contributed by atoms with Crippen LogP contribution in [0.4, 0.5) is 0 Å². The van der Waals surface area contributed by atoms with Gasteiger partial charge in [0.1, 0.15) is 35.9 Å². The number of piperidine rings is 1. The molecule has 3 heterocycles. The molecule has 1 atom stereocenters. The molecule has 0 radical (unpaired) electrons. The Morgan fingerprint density at radius 1 is 0.944 bits per heavy atom. The standard InChI is InChI=1S/C25H30B3N3O5/c26-24(27)15-25(28,23(34)29-22(24)33)31-13-19-18(21(31)32)2-1-3-20(19)36-14-17-6-4-16(5-7-17)12-30-8-10-35-11-9-30/h1-7H,8-15,26-28H2,(H,29,33,34). The maximum Gasteiger partial charge on any atom is 0.254 e. The summed E-state index contributed by atoms with van der Waals surface area (Å²) in [6.07, 6.45) is 0.261. The molecule has 3 aliphatic rings. The number of ether oxygens (including phenoxy) is 2. The third kappa shape index (κ3) is 4.57. The molecule has 2 saturated heterocycles. The molecule has 2 aromatic rings. The zero-order chi connectivity index (χ0) is 25.5. The minimum absolute atomic E-state index is 0.217. The van der Waals surface area contributed by atoms with E-state index in [-0.39, 0.29) is 24.8 Å². The van der Waals surface area contributed by atoms with Crippen LogP contribution in [0.25, 0.3) is 0 Å². The lowest BCUT2D eigenvalue weighted by atomic mass is 9.45. The maximum absolute atomic E-state index is 13.4. The number of carbonyl (C=O) groups excluding carboxylic acids is 3. The van der Waals surface area contributed by atoms with Gasteiger partial charge in [0.05, 0.1) is 25.2 Å². The first-order valence-electron chi connectivity index (χ1n) is 12.5. The molecule has 0 bridgehead atoms. The normalized spacial score (nSPS) is 23.9. The molecule has 2 aromatic carbocycles. The topological polar surface area (TPSA) is 88.2 Å². The van der Waals surface area contributed by atoms with Gasteiger partial charge in [-0.25, -0.2) is 0 Å². The van der Waals surface area contributed by atoms with Gasteiger partial charge in [0.15, 0.2) is 0 Å². The van der Waals surface area contributed by atoms with Crippen LogP contribution in [0.3, 0.4) is 0 Å². The number of fused-ring (bicyclic) bond motifs is 1. The number of hydrogen-bond acceptors (Lipinski definition) is 6. The molecule has 2 fully saturated rings. The van der Waals surface area contributed by atoms with Crippen LogP contribution in [-0.2, 0) is 34.0 Å². The molecule has 3 amide bonds. The van der Waals surface area contributed by atoms with Crippen LogP contribution in [0, 0.1) is 0 Å². The van der Waals surface area contributed by atoms with Gasteiger partial charge >= 0.3 is 0 Å². The Morgan fingerprint density at radius 3 is 2.36 bits per heavy atom. The quantitative estimate of drug-likeness (QED) is 0.410. The minimum atomic E-state index is -1.12. The van der Waals surface area contributed by atoms with Crippen LogP contribution in [0.5, 0.6) is 5.75 Å². The van der Waals surface area contributed by atoms with Crippen LogP contribution < -0.4 is 10.1 Å². The molecule has 5 rings (SSSR count). The van der Waals surface area contributed by atoms with Crippen LogP contribution >= 0.6 is 0 Å². The van der Waals surface area contributed by atoms with Crippen molar-refractivity contribution < 1.29 is 23.9 Å². The van der Waals surface area contributed by atoms with E-state index in [1.165, 1.54) is 5.56 Å². The van der Waals surface area contributed by atoms with Crippen LogP contribution in [0.1, 0.15) is 33.5 Å². The van der Waals surface area contributed by atoms with Gasteiger partial charge in [-0.05, 0) is 34.9 Å². The number of amides is 3. The number of hydrogen-bond donors (Lipinski definition) is 1. The van der Waals surface area contributed by atoms with E-state index in [2.05, 4.69) is 34.5 Å². The van der Waals surface area contributed by atoms with E-state index >= 15 is 0 Å². The summed E-state index contributed by atoms with van der Waals surface area (Å²) in [4.78, 5) is 42.5. The van der Waals surface area contributed by atoms with Gasteiger partial charge in [0, 0.05) is 30.8 Å². The first-order chi connectivity index (χ1) is 17.2. The smallest absolute Gasteiger partial charge is 0.254 e. The Labute approximate surface area is 213 Å². The lowest BCUT2D eigenvalue weighted by Gasteiger charge is -2.46. The Morgan fingerprint density at radius 2 is 1.64 bits per heavy atom. The number of imide groups is 1. The fourth-order valence-corrected chi connectivity index (χ4v) is 5.40. The number of rotatable bonds is 6. The molecule has 3 aliphatic heterocycles. The highest BCUT2D eigenvalue weighted by atomic mass is 16.5. The predicted molar refractivity (Wildman–Crippen MR) is 142 cm³/mol. The highest BCUT2D eigenvalue weighted by Gasteiger charge is 2.53. The summed E-state index contributed by atoms with van der Waals surface area (Å²) < 4.78 is 11.6. The first kappa shape index (κ1) is 24.7. The second-order valence-corrected chi connectivity index (χ2v) is 10.8. The molecule has 8 nitrogen and oxygen atoms in total. The zero-order valence-electron chi connectivity index (χ0n) is 21.1. The average molecular weight is 485 g/mol. The summed E-state index contributed by atoms with van der Waals surface area (Å²) in [5.41, 5.74) is 2.48. The summed E-state index contributed by atoms with van der Waals surface area (Å²) >= 11 is 0. The van der Waals surface area contributed by atoms with Gasteiger partial charge in [-0.15, -0.1) is 0 Å². The van der Waals surface area contributed by atoms with E-state index in [4.69, 9.17) is 9.47 Å². The summed E-state index contributed by atoms with van der Waals surface area (Å²) in [6, 6.07) is 13.8. The molecule has 0 aromatic heterocycles. The Hall–Kier alpha value is -3.04. The van der Waals surface area contributed by atoms with Crippen molar-refractivity contribution in [2.24, 2.45) is 0 Å². The molecular weight excluding hydrogens is 455 g/mol. The van der Waals surface area contributed by atoms with Gasteiger partial charge < -0.3 is 14.4 Å². The number of carbonyl (C=O) groups is 3. The lowest BCUT2D eigenvalue weighted by Crippen LogP contribution is -2.67. The molecule has 1 unspecified atom stereocenters. The molecule has 1 N–H and O–H groups in total. The number of nitrogens with zero attached hydrogens (tertiary/aromatic N) is 2. The van der Waals surface area contributed by atoms with Gasteiger partial charge in [-0.2, -0.15) is 0 Å². The fraction of sp³-hybridized carbons (Fsp3) is 0.400. The van der Waals surface area contributed by atoms with Crippen molar-refractivity contribution in [2.45, 2.75) is 36.8 Å². The molecule has 0 saturated carbocycles. The van der Waals surface area contributed by atoms with Gasteiger partial charge in [0.2, 0.25) is 11.8 Å². The average Bonchev–Trinajstić information content (AvgIpc) is 3.21. The van der Waals surface area contributed by atoms with E-state index < -0.39 is 16.6 Å². The SMILES string of the molecule is BC1(B)CC(B)(N2Cc3c(OCc4ccc(CN5CCOCC5)cc4)cccc3C2=O)C(=O)NC1=O. The monoisotopic (exact) mass is 485 g/mol. The van der Waals surface area contributed by atoms with E-state index in [0.717, 1.165) is 44.0 Å². The molecule has 36 heavy (non-hydrogen) atoms. The number of morpholine rings is 1. The zero-order valence-corrected chi connectivity index (χ0v) is 21.1. The third-order valence-electron chi connectivity index (χ3n) is 7.56. The van der Waals surface area contributed by atoms with Crippen molar-refractivity contribution in [3.05, 3.63) is 64.7 Å². The predicted octanol–water partition coefficient (Wildman–Crippen LogP) is -1.19. The molecule has 11 heteroatoms. The summed E-state index contributed by atoms with van der Waals surface area (Å²) in [5.74, 6) is -0.330. The van der Waals surface area contributed by atoms with Crippen molar-refractivity contribution in [1.29, 1.82) is 0 Å². The number of nitrogens with one attached hydrogen (secondary N) is 1. The van der Waals surface area contributed by atoms with Crippen LogP contribution in [-0.4, -0.2) is 82.8 Å². The highest BCUT2D eigenvalue weighted by molar-refractivity contribution is 6.53. The second kappa shape index (κ2) is 9.44. The van der Waals surface area contributed by atoms with Crippen molar-refractivity contribution in [1.82, 2.24) is 15.1 Å². The fourth-order valence-electron chi connectivity index (χ4n) is 5.40. The van der Waals surface area contributed by atoms with E-state index in [1.54, 1.807) is 40.6 Å². The van der Waals surface area contributed by atoms with Crippen molar-refractivity contribution in [3.63, 3.8) is 0 Å². The highest BCUT2D eigenvalue weighted by Crippen LogP contribution is 2.41. The Bertz CT molecular complexity index is 1200. The van der Waals surface area contributed by atoms with Crippen molar-refractivity contribution in [3.8, 4) is 5.75 Å². The Kier molecular flexibility index (Phi) is 6.47. The molecule has 0 spiro atoms. The summed E-state index contributed by atoms with van der Waals surface area (Å²) in [7, 11) is 5.32. The third-order valence-corrected chi connectivity index (χ3v) is 7.56. The number of benzene rings is 2. The van der Waals surface area contributed by atoms with Crippen molar-refractivity contribution >= 4 is 41.3 Å². The van der Waals surface area contributed by atoms with Gasteiger partial charge in [-0.1, -0.05) is 30.3 Å². The van der Waals surface area contributed by atoms with Crippen molar-refractivity contribution in [2.75, 3.05) is 26.3 Å². The van der Waals surface area contributed by atoms with E-state index in [1.807, 2.05) is 6.07 Å². The molecular formula is C25H30B3N3O5.